The first-order valence-corrected chi connectivity index (χ1v) is 13.1. The van der Waals surface area contributed by atoms with Crippen molar-refractivity contribution in [2.75, 3.05) is 16.9 Å². The van der Waals surface area contributed by atoms with Crippen LogP contribution in [-0.2, 0) is 10.3 Å². The Kier molecular flexibility index (Phi) is 5.28. The Hall–Kier alpha value is -3.49. The van der Waals surface area contributed by atoms with Crippen molar-refractivity contribution in [2.24, 2.45) is 5.92 Å². The van der Waals surface area contributed by atoms with Gasteiger partial charge in [-0.1, -0.05) is 59.7 Å². The molecule has 3 aliphatic rings. The molecule has 0 radical (unpaired) electrons. The number of aryl methyl sites for hydroxylation is 2. The largest absolute Gasteiger partial charge is 0.324 e. The van der Waals surface area contributed by atoms with Crippen LogP contribution in [0, 0.1) is 29.9 Å². The number of ketones is 1. The second-order valence-corrected chi connectivity index (χ2v) is 10.9. The average Bonchev–Trinajstić information content (AvgIpc) is 3.52. The number of fused-ring (bicyclic) bond motifs is 4. The topological polar surface area (TPSA) is 92.5 Å². The number of hydrogen-bond donors (Lipinski definition) is 1. The lowest BCUT2D eigenvalue weighted by atomic mass is 9.69. The summed E-state index contributed by atoms with van der Waals surface area (Å²) < 4.78 is 0. The molecule has 3 aromatic rings. The highest BCUT2D eigenvalue weighted by molar-refractivity contribution is 7.99. The van der Waals surface area contributed by atoms with E-state index in [1.165, 1.54) is 6.07 Å². The van der Waals surface area contributed by atoms with Gasteiger partial charge in [0.25, 0.3) is 5.69 Å². The van der Waals surface area contributed by atoms with Gasteiger partial charge in [0.2, 0.25) is 5.91 Å². The van der Waals surface area contributed by atoms with Crippen LogP contribution in [0.2, 0.25) is 0 Å². The minimum Gasteiger partial charge on any atom is -0.324 e. The fourth-order valence-corrected chi connectivity index (χ4v) is 7.63. The summed E-state index contributed by atoms with van der Waals surface area (Å²) in [5.74, 6) is -0.0954. The van der Waals surface area contributed by atoms with Crippen molar-refractivity contribution < 1.29 is 14.5 Å². The fourth-order valence-electron chi connectivity index (χ4n) is 6.31. The molecule has 0 bridgehead atoms. The molecule has 1 spiro atoms. The summed E-state index contributed by atoms with van der Waals surface area (Å²) in [5, 5.41) is 14.7. The van der Waals surface area contributed by atoms with Crippen LogP contribution in [0.1, 0.15) is 38.5 Å². The van der Waals surface area contributed by atoms with Crippen molar-refractivity contribution in [1.82, 2.24) is 4.90 Å². The van der Waals surface area contributed by atoms with E-state index in [9.17, 15) is 19.7 Å². The number of rotatable bonds is 4. The van der Waals surface area contributed by atoms with E-state index in [1.54, 1.807) is 23.9 Å². The molecular weight excluding hydrogens is 474 g/mol. The maximum atomic E-state index is 14.4. The molecular formula is C28H25N3O4S. The Bertz CT molecular complexity index is 1420. The maximum Gasteiger partial charge on any atom is 0.269 e. The third-order valence-corrected chi connectivity index (χ3v) is 8.90. The molecule has 0 aliphatic carbocycles. The lowest BCUT2D eigenvalue weighted by Crippen LogP contribution is -2.52. The number of hydrogen-bond acceptors (Lipinski definition) is 6. The Morgan fingerprint density at radius 1 is 1.08 bits per heavy atom. The van der Waals surface area contributed by atoms with Crippen molar-refractivity contribution in [3.05, 3.63) is 105 Å². The van der Waals surface area contributed by atoms with E-state index in [-0.39, 0.29) is 29.3 Å². The van der Waals surface area contributed by atoms with Crippen LogP contribution in [-0.4, -0.2) is 39.2 Å². The van der Waals surface area contributed by atoms with Crippen molar-refractivity contribution >= 4 is 34.8 Å². The van der Waals surface area contributed by atoms with E-state index >= 15 is 0 Å². The summed E-state index contributed by atoms with van der Waals surface area (Å²) in [7, 11) is 0. The third kappa shape index (κ3) is 3.17. The van der Waals surface area contributed by atoms with E-state index in [1.807, 2.05) is 62.4 Å². The molecule has 3 aromatic carbocycles. The minimum absolute atomic E-state index is 0.0145. The summed E-state index contributed by atoms with van der Waals surface area (Å²) in [5.41, 5.74) is 3.65. The molecule has 0 saturated carbocycles. The van der Waals surface area contributed by atoms with Crippen LogP contribution in [0.25, 0.3) is 0 Å². The van der Waals surface area contributed by atoms with E-state index < -0.39 is 16.4 Å². The molecule has 2 saturated heterocycles. The van der Waals surface area contributed by atoms with Crippen LogP contribution >= 0.6 is 11.8 Å². The van der Waals surface area contributed by atoms with Crippen LogP contribution in [0.4, 0.5) is 11.4 Å². The Morgan fingerprint density at radius 3 is 2.58 bits per heavy atom. The number of thioether (sulfide) groups is 1. The number of nitrogens with one attached hydrogen (secondary N) is 1. The van der Waals surface area contributed by atoms with E-state index in [2.05, 4.69) is 10.2 Å². The zero-order chi connectivity index (χ0) is 25.2. The van der Waals surface area contributed by atoms with Crippen molar-refractivity contribution in [3.8, 4) is 0 Å². The first kappa shape index (κ1) is 22.9. The van der Waals surface area contributed by atoms with E-state index in [0.29, 0.717) is 11.4 Å². The molecule has 6 rings (SSSR count). The lowest BCUT2D eigenvalue weighted by Gasteiger charge is -2.36. The van der Waals surface area contributed by atoms with Gasteiger partial charge in [-0.3, -0.25) is 24.6 Å². The standard InChI is InChI=1S/C28H25N3O4S/c1-16-6-9-18(10-7-16)26(32)25-24(19-4-3-5-20(13-19)31(34)35)23-14-36-15-30(23)28(25)21-12-17(2)8-11-22(21)29-27(28)33/h3-13,23-25H,14-15H2,1-2H3,(H,29,33)/t23-,24+,25+,28-/m1/s1. The Labute approximate surface area is 213 Å². The SMILES string of the molecule is Cc1ccc(C(=O)[C@@H]2[C@@H](c3cccc([N+](=O)[O-])c3)[C@H]3CSCN3[C@@]23C(=O)Nc2ccc(C)cc23)cc1. The van der Waals surface area contributed by atoms with E-state index in [0.717, 1.165) is 33.7 Å². The van der Waals surface area contributed by atoms with Gasteiger partial charge in [0, 0.05) is 52.5 Å². The summed E-state index contributed by atoms with van der Waals surface area (Å²) in [6, 6.07) is 19.8. The van der Waals surface area contributed by atoms with Crippen LogP contribution < -0.4 is 5.32 Å². The normalized spacial score (nSPS) is 26.6. The van der Waals surface area contributed by atoms with Crippen molar-refractivity contribution in [3.63, 3.8) is 0 Å². The first-order chi connectivity index (χ1) is 17.3. The molecule has 182 valence electrons. The molecule has 1 N–H and O–H groups in total. The summed E-state index contributed by atoms with van der Waals surface area (Å²) in [6.45, 7) is 3.95. The number of carbonyl (C=O) groups excluding carboxylic acids is 2. The van der Waals surface area contributed by atoms with Crippen LogP contribution in [0.15, 0.2) is 66.7 Å². The molecule has 2 fully saturated rings. The number of amides is 1. The smallest absolute Gasteiger partial charge is 0.269 e. The van der Waals surface area contributed by atoms with Crippen LogP contribution in [0.3, 0.4) is 0 Å². The molecule has 3 aliphatic heterocycles. The van der Waals surface area contributed by atoms with Crippen molar-refractivity contribution in [1.29, 1.82) is 0 Å². The Balaban J connectivity index is 1.62. The molecule has 36 heavy (non-hydrogen) atoms. The number of carbonyl (C=O) groups is 2. The number of nitro groups is 1. The van der Waals surface area contributed by atoms with E-state index in [4.69, 9.17) is 0 Å². The van der Waals surface area contributed by atoms with Gasteiger partial charge in [0.05, 0.1) is 10.8 Å². The predicted octanol–water partition coefficient (Wildman–Crippen LogP) is 5.03. The highest BCUT2D eigenvalue weighted by Gasteiger charge is 2.69. The number of benzene rings is 3. The number of non-ortho nitro benzene ring substituents is 1. The summed E-state index contributed by atoms with van der Waals surface area (Å²) in [4.78, 5) is 41.9. The predicted molar refractivity (Wildman–Crippen MR) is 139 cm³/mol. The second-order valence-electron chi connectivity index (χ2n) is 9.89. The zero-order valence-electron chi connectivity index (χ0n) is 19.9. The van der Waals surface area contributed by atoms with Gasteiger partial charge in [-0.2, -0.15) is 0 Å². The molecule has 4 atom stereocenters. The minimum atomic E-state index is -1.19. The fraction of sp³-hybridized carbons (Fsp3) is 0.286. The van der Waals surface area contributed by atoms with Gasteiger partial charge in [-0.25, -0.2) is 0 Å². The number of nitrogens with zero attached hydrogens (tertiary/aromatic N) is 2. The molecule has 0 unspecified atom stereocenters. The quantitative estimate of drug-likeness (QED) is 0.308. The molecule has 3 heterocycles. The monoisotopic (exact) mass is 499 g/mol. The average molecular weight is 500 g/mol. The van der Waals surface area contributed by atoms with Gasteiger partial charge in [0.1, 0.15) is 5.54 Å². The number of nitro benzene ring substituents is 1. The Morgan fingerprint density at radius 2 is 1.83 bits per heavy atom. The third-order valence-electron chi connectivity index (χ3n) is 7.86. The molecule has 0 aromatic heterocycles. The lowest BCUT2D eigenvalue weighted by molar-refractivity contribution is -0.384. The van der Waals surface area contributed by atoms with Gasteiger partial charge in [-0.05, 0) is 25.5 Å². The van der Waals surface area contributed by atoms with Crippen molar-refractivity contribution in [2.45, 2.75) is 31.3 Å². The molecule has 8 heteroatoms. The van der Waals surface area contributed by atoms with Gasteiger partial charge >= 0.3 is 0 Å². The molecule has 1 amide bonds. The number of anilines is 1. The zero-order valence-corrected chi connectivity index (χ0v) is 20.7. The molecule has 7 nitrogen and oxygen atoms in total. The first-order valence-electron chi connectivity index (χ1n) is 11.9. The van der Waals surface area contributed by atoms with Gasteiger partial charge in [0.15, 0.2) is 5.78 Å². The second kappa shape index (κ2) is 8.28. The highest BCUT2D eigenvalue weighted by Crippen LogP contribution is 2.61. The number of Topliss-reactive ketones (excluding diaryl/α,β-unsaturated/α-hetero) is 1. The summed E-state index contributed by atoms with van der Waals surface area (Å²) in [6.07, 6.45) is 0. The van der Waals surface area contributed by atoms with Gasteiger partial charge in [-0.15, -0.1) is 11.8 Å². The highest BCUT2D eigenvalue weighted by atomic mass is 32.2. The van der Waals surface area contributed by atoms with Gasteiger partial charge < -0.3 is 5.32 Å². The maximum absolute atomic E-state index is 14.4. The van der Waals surface area contributed by atoms with Crippen LogP contribution in [0.5, 0.6) is 0 Å². The summed E-state index contributed by atoms with van der Waals surface area (Å²) >= 11 is 1.73.